The molecule has 0 spiro atoms. The number of nitrogens with zero attached hydrogens (tertiary/aromatic N) is 4. The van der Waals surface area contributed by atoms with Crippen molar-refractivity contribution in [2.45, 2.75) is 27.3 Å². The van der Waals surface area contributed by atoms with Crippen LogP contribution in [0.3, 0.4) is 0 Å². The molecule has 0 N–H and O–H groups in total. The molecule has 0 radical (unpaired) electrons. The molecule has 5 nitrogen and oxygen atoms in total. The molecule has 1 aromatic carbocycles. The predicted octanol–water partition coefficient (Wildman–Crippen LogP) is 4.08. The van der Waals surface area contributed by atoms with Crippen molar-refractivity contribution in [3.8, 4) is 0 Å². The van der Waals surface area contributed by atoms with Gasteiger partial charge < -0.3 is 9.30 Å². The number of benzene rings is 1. The molecular weight excluding hydrogens is 336 g/mol. The van der Waals surface area contributed by atoms with Crippen LogP contribution >= 0.6 is 0 Å². The average Bonchev–Trinajstić information content (AvgIpc) is 3.07. The van der Waals surface area contributed by atoms with Gasteiger partial charge in [-0.25, -0.2) is 4.98 Å². The quantitative estimate of drug-likeness (QED) is 0.554. The minimum absolute atomic E-state index is 0.0142. The van der Waals surface area contributed by atoms with Crippen molar-refractivity contribution in [3.05, 3.63) is 76.9 Å². The molecule has 0 fully saturated rings. The number of hydrogen-bond donors (Lipinski definition) is 0. The van der Waals surface area contributed by atoms with E-state index in [1.165, 1.54) is 5.56 Å². The van der Waals surface area contributed by atoms with Crippen LogP contribution in [0.25, 0.3) is 16.6 Å². The number of aryl methyl sites for hydroxylation is 3. The Hall–Kier alpha value is -3.21. The molecule has 1 amide bonds. The van der Waals surface area contributed by atoms with E-state index in [4.69, 9.17) is 0 Å². The van der Waals surface area contributed by atoms with Crippen LogP contribution in [0.4, 0.5) is 0 Å². The van der Waals surface area contributed by atoms with E-state index in [1.54, 1.807) is 4.90 Å². The second kappa shape index (κ2) is 6.50. The molecule has 3 aromatic heterocycles. The summed E-state index contributed by atoms with van der Waals surface area (Å²) in [6, 6.07) is 11.8. The Labute approximate surface area is 158 Å². The van der Waals surface area contributed by atoms with Crippen molar-refractivity contribution in [1.82, 2.24) is 19.3 Å². The summed E-state index contributed by atoms with van der Waals surface area (Å²) in [7, 11) is 1.83. The molecule has 0 saturated heterocycles. The lowest BCUT2D eigenvalue weighted by molar-refractivity contribution is 0.0785. The Morgan fingerprint density at radius 2 is 1.96 bits per heavy atom. The van der Waals surface area contributed by atoms with Crippen LogP contribution < -0.4 is 0 Å². The van der Waals surface area contributed by atoms with E-state index in [1.807, 2.05) is 61.1 Å². The van der Waals surface area contributed by atoms with Crippen molar-refractivity contribution in [2.75, 3.05) is 7.05 Å². The first kappa shape index (κ1) is 17.2. The summed E-state index contributed by atoms with van der Waals surface area (Å²) in [5.74, 6) is -0.0142. The van der Waals surface area contributed by atoms with Crippen molar-refractivity contribution in [1.29, 1.82) is 0 Å². The fourth-order valence-electron chi connectivity index (χ4n) is 3.46. The molecule has 0 saturated carbocycles. The van der Waals surface area contributed by atoms with Crippen LogP contribution in [-0.4, -0.2) is 32.2 Å². The van der Waals surface area contributed by atoms with Gasteiger partial charge in [0.15, 0.2) is 0 Å². The number of carbonyl (C=O) groups is 1. The minimum atomic E-state index is -0.0142. The maximum atomic E-state index is 13.2. The summed E-state index contributed by atoms with van der Waals surface area (Å²) in [5.41, 5.74) is 6.60. The first-order valence-electron chi connectivity index (χ1n) is 8.99. The van der Waals surface area contributed by atoms with E-state index in [9.17, 15) is 4.79 Å². The molecule has 0 unspecified atom stereocenters. The van der Waals surface area contributed by atoms with Crippen molar-refractivity contribution in [3.63, 3.8) is 0 Å². The predicted molar refractivity (Wildman–Crippen MR) is 107 cm³/mol. The van der Waals surface area contributed by atoms with Crippen LogP contribution in [0.5, 0.6) is 0 Å². The van der Waals surface area contributed by atoms with Gasteiger partial charge >= 0.3 is 0 Å². The zero-order valence-electron chi connectivity index (χ0n) is 16.0. The van der Waals surface area contributed by atoms with Crippen molar-refractivity contribution < 1.29 is 4.79 Å². The third-order valence-corrected chi connectivity index (χ3v) is 5.10. The highest BCUT2D eigenvalue weighted by atomic mass is 16.2. The van der Waals surface area contributed by atoms with Gasteiger partial charge in [-0.3, -0.25) is 9.78 Å². The number of amides is 1. The van der Waals surface area contributed by atoms with Crippen LogP contribution in [0.15, 0.2) is 48.8 Å². The number of hydrogen-bond acceptors (Lipinski definition) is 3. The Balaban J connectivity index is 1.73. The van der Waals surface area contributed by atoms with Crippen molar-refractivity contribution >= 4 is 22.5 Å². The van der Waals surface area contributed by atoms with E-state index >= 15 is 0 Å². The topological polar surface area (TPSA) is 50.5 Å². The summed E-state index contributed by atoms with van der Waals surface area (Å²) in [5, 5.41) is 0.902. The average molecular weight is 358 g/mol. The third-order valence-electron chi connectivity index (χ3n) is 5.10. The summed E-state index contributed by atoms with van der Waals surface area (Å²) in [6.07, 6.45) is 3.79. The second-order valence-corrected chi connectivity index (χ2v) is 7.05. The molecule has 136 valence electrons. The first-order chi connectivity index (χ1) is 13.0. The largest absolute Gasteiger partial charge is 0.336 e. The fourth-order valence-corrected chi connectivity index (χ4v) is 3.46. The van der Waals surface area contributed by atoms with E-state index in [0.29, 0.717) is 12.1 Å². The van der Waals surface area contributed by atoms with Gasteiger partial charge in [-0.2, -0.15) is 0 Å². The van der Waals surface area contributed by atoms with Gasteiger partial charge in [0.1, 0.15) is 5.65 Å². The highest BCUT2D eigenvalue weighted by molar-refractivity contribution is 6.06. The number of imidazole rings is 1. The molecule has 0 bridgehead atoms. The molecular formula is C22H22N4O. The Morgan fingerprint density at radius 3 is 2.78 bits per heavy atom. The highest BCUT2D eigenvalue weighted by Crippen LogP contribution is 2.25. The summed E-state index contributed by atoms with van der Waals surface area (Å²) >= 11 is 0. The Bertz CT molecular complexity index is 1180. The number of fused-ring (bicyclic) bond motifs is 2. The number of carbonyl (C=O) groups excluding carboxylic acids is 1. The second-order valence-electron chi connectivity index (χ2n) is 7.05. The lowest BCUT2D eigenvalue weighted by Gasteiger charge is -2.19. The van der Waals surface area contributed by atoms with Gasteiger partial charge in [0, 0.05) is 24.3 Å². The van der Waals surface area contributed by atoms with E-state index in [-0.39, 0.29) is 5.91 Å². The van der Waals surface area contributed by atoms with E-state index < -0.39 is 0 Å². The Kier molecular flexibility index (Phi) is 4.15. The van der Waals surface area contributed by atoms with Crippen LogP contribution in [0, 0.1) is 20.8 Å². The van der Waals surface area contributed by atoms with Gasteiger partial charge in [-0.05, 0) is 50.1 Å². The van der Waals surface area contributed by atoms with Gasteiger partial charge in [0.2, 0.25) is 0 Å². The number of aromatic nitrogens is 3. The lowest BCUT2D eigenvalue weighted by atomic mass is 10.0. The first-order valence-corrected chi connectivity index (χ1v) is 8.99. The molecule has 4 rings (SSSR count). The number of rotatable bonds is 3. The van der Waals surface area contributed by atoms with E-state index in [0.717, 1.165) is 33.5 Å². The molecule has 0 atom stereocenters. The number of pyridine rings is 2. The van der Waals surface area contributed by atoms with Gasteiger partial charge in [0.05, 0.1) is 29.5 Å². The molecule has 3 heterocycles. The molecule has 27 heavy (non-hydrogen) atoms. The third kappa shape index (κ3) is 2.95. The summed E-state index contributed by atoms with van der Waals surface area (Å²) in [4.78, 5) is 24.0. The highest BCUT2D eigenvalue weighted by Gasteiger charge is 2.18. The standard InChI is InChI=1S/C22H22N4O/c1-14-8-9-18-19(11-15(2)24-21(18)16(14)3)22(27)25(4)13-17-12-23-20-7-5-6-10-26(17)20/h5-12H,13H2,1-4H3. The summed E-state index contributed by atoms with van der Waals surface area (Å²) < 4.78 is 2.01. The summed E-state index contributed by atoms with van der Waals surface area (Å²) in [6.45, 7) is 6.54. The molecule has 0 aliphatic rings. The lowest BCUT2D eigenvalue weighted by Crippen LogP contribution is -2.27. The van der Waals surface area contributed by atoms with Crippen LogP contribution in [-0.2, 0) is 6.54 Å². The molecule has 0 aliphatic heterocycles. The Morgan fingerprint density at radius 1 is 1.15 bits per heavy atom. The van der Waals surface area contributed by atoms with E-state index in [2.05, 4.69) is 29.9 Å². The normalized spacial score (nSPS) is 11.3. The molecule has 5 heteroatoms. The van der Waals surface area contributed by atoms with Gasteiger partial charge in [-0.15, -0.1) is 0 Å². The van der Waals surface area contributed by atoms with Gasteiger partial charge in [-0.1, -0.05) is 18.2 Å². The zero-order valence-corrected chi connectivity index (χ0v) is 16.0. The molecule has 0 aliphatic carbocycles. The molecule has 4 aromatic rings. The minimum Gasteiger partial charge on any atom is -0.336 e. The van der Waals surface area contributed by atoms with Crippen molar-refractivity contribution in [2.24, 2.45) is 0 Å². The van der Waals surface area contributed by atoms with Gasteiger partial charge in [0.25, 0.3) is 5.91 Å². The smallest absolute Gasteiger partial charge is 0.254 e. The SMILES string of the molecule is Cc1cc(C(=O)N(C)Cc2cnc3ccccn23)c2ccc(C)c(C)c2n1. The fraction of sp³-hybridized carbons (Fsp3) is 0.227. The maximum absolute atomic E-state index is 13.2. The maximum Gasteiger partial charge on any atom is 0.254 e. The van der Waals surface area contributed by atoms with Crippen LogP contribution in [0.2, 0.25) is 0 Å². The van der Waals surface area contributed by atoms with Crippen LogP contribution in [0.1, 0.15) is 32.9 Å². The monoisotopic (exact) mass is 358 g/mol. The zero-order chi connectivity index (χ0) is 19.1.